The van der Waals surface area contributed by atoms with Crippen LogP contribution in [-0.4, -0.2) is 30.3 Å². The normalized spacial score (nSPS) is 23.6. The minimum Gasteiger partial charge on any atom is -0.296 e. The number of nitrogens with zero attached hydrogens (tertiary/aromatic N) is 1. The first kappa shape index (κ1) is 14.3. The van der Waals surface area contributed by atoms with Crippen LogP contribution >= 0.6 is 0 Å². The first-order valence-electron chi connectivity index (χ1n) is 7.36. The molecule has 0 aromatic heterocycles. The van der Waals surface area contributed by atoms with Crippen molar-refractivity contribution >= 4 is 5.78 Å². The third-order valence-electron chi connectivity index (χ3n) is 4.27. The minimum atomic E-state index is 0.240. The van der Waals surface area contributed by atoms with Gasteiger partial charge in [-0.2, -0.15) is 0 Å². The maximum absolute atomic E-state index is 12.3. The summed E-state index contributed by atoms with van der Waals surface area (Å²) < 4.78 is 0. The zero-order valence-electron chi connectivity index (χ0n) is 12.4. The van der Waals surface area contributed by atoms with E-state index in [0.29, 0.717) is 12.6 Å². The molecule has 104 valence electrons. The Kier molecular flexibility index (Phi) is 4.76. The second-order valence-corrected chi connectivity index (χ2v) is 6.13. The molecule has 19 heavy (non-hydrogen) atoms. The van der Waals surface area contributed by atoms with Crippen molar-refractivity contribution in [3.63, 3.8) is 0 Å². The monoisotopic (exact) mass is 259 g/mol. The third-order valence-corrected chi connectivity index (χ3v) is 4.27. The Bertz CT molecular complexity index is 441. The van der Waals surface area contributed by atoms with Crippen molar-refractivity contribution in [2.24, 2.45) is 5.92 Å². The van der Waals surface area contributed by atoms with E-state index in [4.69, 9.17) is 0 Å². The zero-order valence-corrected chi connectivity index (χ0v) is 12.4. The Morgan fingerprint density at radius 3 is 2.84 bits per heavy atom. The maximum atomic E-state index is 12.3. The largest absolute Gasteiger partial charge is 0.296 e. The molecule has 2 atom stereocenters. The molecule has 1 aromatic carbocycles. The van der Waals surface area contributed by atoms with Crippen LogP contribution in [0.25, 0.3) is 0 Å². The first-order valence-corrected chi connectivity index (χ1v) is 7.36. The molecule has 0 bridgehead atoms. The molecule has 1 aromatic rings. The van der Waals surface area contributed by atoms with Gasteiger partial charge in [-0.15, -0.1) is 0 Å². The highest BCUT2D eigenvalue weighted by molar-refractivity contribution is 5.97. The van der Waals surface area contributed by atoms with Gasteiger partial charge in [-0.05, 0) is 38.8 Å². The number of carbonyl (C=O) groups is 1. The Labute approximate surface area is 116 Å². The van der Waals surface area contributed by atoms with E-state index in [1.807, 2.05) is 31.2 Å². The predicted molar refractivity (Wildman–Crippen MR) is 79.6 cm³/mol. The quantitative estimate of drug-likeness (QED) is 0.769. The van der Waals surface area contributed by atoms with Gasteiger partial charge >= 0.3 is 0 Å². The lowest BCUT2D eigenvalue weighted by Crippen LogP contribution is -2.38. The average molecular weight is 259 g/mol. The highest BCUT2D eigenvalue weighted by Gasteiger charge is 2.23. The number of carbonyl (C=O) groups excluding carboxylic acids is 1. The van der Waals surface area contributed by atoms with Gasteiger partial charge < -0.3 is 0 Å². The van der Waals surface area contributed by atoms with Crippen molar-refractivity contribution in [2.75, 3.05) is 13.6 Å². The summed E-state index contributed by atoms with van der Waals surface area (Å²) >= 11 is 0. The fourth-order valence-electron chi connectivity index (χ4n) is 3.07. The summed E-state index contributed by atoms with van der Waals surface area (Å²) in [6.45, 7) is 4.90. The van der Waals surface area contributed by atoms with E-state index < -0.39 is 0 Å². The second kappa shape index (κ2) is 6.33. The highest BCUT2D eigenvalue weighted by Crippen LogP contribution is 2.26. The molecule has 0 N–H and O–H groups in total. The number of rotatable bonds is 4. The van der Waals surface area contributed by atoms with E-state index in [9.17, 15) is 4.79 Å². The number of ketones is 1. The summed E-state index contributed by atoms with van der Waals surface area (Å²) in [7, 11) is 2.09. The fraction of sp³-hybridized carbons (Fsp3) is 0.588. The Balaban J connectivity index is 1.94. The number of hydrogen-bond acceptors (Lipinski definition) is 2. The van der Waals surface area contributed by atoms with E-state index in [-0.39, 0.29) is 5.78 Å². The van der Waals surface area contributed by atoms with Crippen molar-refractivity contribution in [1.82, 2.24) is 4.90 Å². The molecule has 0 radical (unpaired) electrons. The van der Waals surface area contributed by atoms with Crippen LogP contribution < -0.4 is 0 Å². The van der Waals surface area contributed by atoms with Crippen LogP contribution in [0.1, 0.15) is 48.5 Å². The standard InChI is InChI=1S/C17H25NO/c1-13-6-4-8-15(10-13)17(19)12-18(3)16-9-5-7-14(2)11-16/h4,6,8,10,14,16H,5,7,9,11-12H2,1-3H3. The summed E-state index contributed by atoms with van der Waals surface area (Å²) in [6, 6.07) is 8.48. The van der Waals surface area contributed by atoms with Gasteiger partial charge in [-0.25, -0.2) is 0 Å². The van der Waals surface area contributed by atoms with Crippen LogP contribution in [0.3, 0.4) is 0 Å². The fourth-order valence-corrected chi connectivity index (χ4v) is 3.07. The summed E-state index contributed by atoms with van der Waals surface area (Å²) in [5.41, 5.74) is 2.00. The molecule has 0 spiro atoms. The lowest BCUT2D eigenvalue weighted by molar-refractivity contribution is 0.0882. The van der Waals surface area contributed by atoms with Crippen LogP contribution in [0.2, 0.25) is 0 Å². The van der Waals surface area contributed by atoms with Gasteiger partial charge in [0.15, 0.2) is 5.78 Å². The van der Waals surface area contributed by atoms with Crippen LogP contribution in [0.4, 0.5) is 0 Å². The van der Waals surface area contributed by atoms with Gasteiger partial charge in [-0.3, -0.25) is 9.69 Å². The average Bonchev–Trinajstić information content (AvgIpc) is 2.38. The van der Waals surface area contributed by atoms with E-state index in [1.54, 1.807) is 0 Å². The zero-order chi connectivity index (χ0) is 13.8. The summed E-state index contributed by atoms with van der Waals surface area (Å²) in [5.74, 6) is 1.04. The maximum Gasteiger partial charge on any atom is 0.176 e. The van der Waals surface area contributed by atoms with E-state index in [1.165, 1.54) is 25.7 Å². The second-order valence-electron chi connectivity index (χ2n) is 6.13. The number of benzene rings is 1. The van der Waals surface area contributed by atoms with Crippen molar-refractivity contribution in [2.45, 2.75) is 45.6 Å². The molecule has 1 aliphatic carbocycles. The van der Waals surface area contributed by atoms with Gasteiger partial charge in [-0.1, -0.05) is 43.5 Å². The van der Waals surface area contributed by atoms with Crippen molar-refractivity contribution < 1.29 is 4.79 Å². The highest BCUT2D eigenvalue weighted by atomic mass is 16.1. The number of likely N-dealkylation sites (N-methyl/N-ethyl adjacent to an activating group) is 1. The molecular weight excluding hydrogens is 234 g/mol. The number of hydrogen-bond donors (Lipinski definition) is 0. The van der Waals surface area contributed by atoms with Gasteiger partial charge in [0.2, 0.25) is 0 Å². The molecule has 2 unspecified atom stereocenters. The lowest BCUT2D eigenvalue weighted by Gasteiger charge is -2.33. The van der Waals surface area contributed by atoms with E-state index in [2.05, 4.69) is 18.9 Å². The third kappa shape index (κ3) is 3.90. The number of aryl methyl sites for hydroxylation is 1. The molecule has 0 amide bonds. The molecule has 0 aliphatic heterocycles. The topological polar surface area (TPSA) is 20.3 Å². The summed E-state index contributed by atoms with van der Waals surface area (Å²) in [5, 5.41) is 0. The van der Waals surface area contributed by atoms with Crippen LogP contribution in [0.15, 0.2) is 24.3 Å². The van der Waals surface area contributed by atoms with Crippen LogP contribution in [-0.2, 0) is 0 Å². The van der Waals surface area contributed by atoms with Gasteiger partial charge in [0.25, 0.3) is 0 Å². The van der Waals surface area contributed by atoms with E-state index >= 15 is 0 Å². The van der Waals surface area contributed by atoms with Crippen molar-refractivity contribution in [3.8, 4) is 0 Å². The van der Waals surface area contributed by atoms with Gasteiger partial charge in [0.05, 0.1) is 6.54 Å². The molecule has 2 heteroatoms. The summed E-state index contributed by atoms with van der Waals surface area (Å²) in [4.78, 5) is 14.5. The molecule has 2 nitrogen and oxygen atoms in total. The Morgan fingerprint density at radius 1 is 1.37 bits per heavy atom. The van der Waals surface area contributed by atoms with E-state index in [0.717, 1.165) is 17.0 Å². The van der Waals surface area contributed by atoms with Gasteiger partial charge in [0.1, 0.15) is 0 Å². The molecule has 0 heterocycles. The van der Waals surface area contributed by atoms with Crippen molar-refractivity contribution in [3.05, 3.63) is 35.4 Å². The molecule has 1 fully saturated rings. The Hall–Kier alpha value is -1.15. The van der Waals surface area contributed by atoms with Crippen molar-refractivity contribution in [1.29, 1.82) is 0 Å². The minimum absolute atomic E-state index is 0.240. The lowest BCUT2D eigenvalue weighted by atomic mass is 9.86. The van der Waals surface area contributed by atoms with Crippen LogP contribution in [0.5, 0.6) is 0 Å². The predicted octanol–water partition coefficient (Wildman–Crippen LogP) is 3.69. The summed E-state index contributed by atoms with van der Waals surface area (Å²) in [6.07, 6.45) is 5.12. The number of Topliss-reactive ketones (excluding diaryl/α,β-unsaturated/α-hetero) is 1. The Morgan fingerprint density at radius 2 is 2.16 bits per heavy atom. The van der Waals surface area contributed by atoms with Crippen LogP contribution in [0, 0.1) is 12.8 Å². The first-order chi connectivity index (χ1) is 9.06. The molecule has 1 saturated carbocycles. The smallest absolute Gasteiger partial charge is 0.176 e. The SMILES string of the molecule is Cc1cccc(C(=O)CN(C)C2CCCC(C)C2)c1. The van der Waals surface area contributed by atoms with Gasteiger partial charge in [0, 0.05) is 11.6 Å². The molecular formula is C17H25NO. The molecule has 1 aliphatic rings. The molecule has 2 rings (SSSR count). The molecule has 0 saturated heterocycles.